The summed E-state index contributed by atoms with van der Waals surface area (Å²) in [5, 5.41) is 0. The maximum Gasteiger partial charge on any atom is -0.00773 e. The third kappa shape index (κ3) is 5.96. The number of hydrogen-bond acceptors (Lipinski definition) is 1. The van der Waals surface area contributed by atoms with Crippen LogP contribution >= 0.6 is 0 Å². The molecular weight excluding hydrogens is 98.1 g/mol. The highest BCUT2D eigenvalue weighted by molar-refractivity contribution is 4.45. The fourth-order valence-corrected chi connectivity index (χ4v) is 0.697. The second-order valence-electron chi connectivity index (χ2n) is 2.68. The highest BCUT2D eigenvalue weighted by Gasteiger charge is 1.90. The van der Waals surface area contributed by atoms with E-state index in [0.29, 0.717) is 0 Å². The molecule has 0 radical (unpaired) electrons. The molecule has 0 aliphatic carbocycles. The molecule has 0 heterocycles. The molecule has 0 spiro atoms. The van der Waals surface area contributed by atoms with Crippen LogP contribution in [-0.2, 0) is 0 Å². The van der Waals surface area contributed by atoms with Crippen molar-refractivity contribution in [2.24, 2.45) is 11.7 Å². The largest absolute Gasteiger partial charge is 0.330 e. The van der Waals surface area contributed by atoms with E-state index in [1.165, 1.54) is 19.3 Å². The van der Waals surface area contributed by atoms with Crippen molar-refractivity contribution in [1.29, 1.82) is 0 Å². The molecule has 0 saturated heterocycles. The highest BCUT2D eigenvalue weighted by Crippen LogP contribution is 2.04. The summed E-state index contributed by atoms with van der Waals surface area (Å²) in [5.74, 6) is 0.849. The molecule has 0 unspecified atom stereocenters. The van der Waals surface area contributed by atoms with Crippen molar-refractivity contribution in [2.75, 3.05) is 6.54 Å². The van der Waals surface area contributed by atoms with Crippen LogP contribution in [0, 0.1) is 5.92 Å². The van der Waals surface area contributed by atoms with Gasteiger partial charge in [-0.15, -0.1) is 0 Å². The molecule has 0 aromatic heterocycles. The molecule has 0 aromatic rings. The zero-order valence-corrected chi connectivity index (χ0v) is 5.98. The van der Waals surface area contributed by atoms with Crippen molar-refractivity contribution in [3.63, 3.8) is 0 Å². The molecule has 0 atom stereocenters. The minimum absolute atomic E-state index is 0.849. The van der Waals surface area contributed by atoms with Gasteiger partial charge in [-0.05, 0) is 18.9 Å². The summed E-state index contributed by atoms with van der Waals surface area (Å²) in [6.07, 6.45) is 3.82. The molecule has 0 saturated carbocycles. The summed E-state index contributed by atoms with van der Waals surface area (Å²) < 4.78 is 0. The Balaban J connectivity index is 2.72. The van der Waals surface area contributed by atoms with Crippen LogP contribution in [0.3, 0.4) is 0 Å². The maximum absolute atomic E-state index is 5.31. The van der Waals surface area contributed by atoms with Crippen LogP contribution in [0.4, 0.5) is 0 Å². The lowest BCUT2D eigenvalue weighted by Crippen LogP contribution is -1.98. The van der Waals surface area contributed by atoms with E-state index in [1.807, 2.05) is 0 Å². The predicted molar refractivity (Wildman–Crippen MR) is 37.7 cm³/mol. The van der Waals surface area contributed by atoms with E-state index in [4.69, 9.17) is 5.73 Å². The molecule has 0 aliphatic rings. The Bertz CT molecular complexity index is 41.7. The van der Waals surface area contributed by atoms with Crippen molar-refractivity contribution in [3.05, 3.63) is 0 Å². The topological polar surface area (TPSA) is 26.0 Å². The summed E-state index contributed by atoms with van der Waals surface area (Å²) >= 11 is 0. The molecule has 50 valence electrons. The predicted octanol–water partition coefficient (Wildman–Crippen LogP) is 1.77. The third-order valence-corrected chi connectivity index (χ3v) is 1.24. The second kappa shape index (κ2) is 5.10. The Morgan fingerprint density at radius 1 is 1.25 bits per heavy atom. The second-order valence-corrected chi connectivity index (χ2v) is 2.68. The van der Waals surface area contributed by atoms with Crippen LogP contribution in [0.15, 0.2) is 0 Å². The highest BCUT2D eigenvalue weighted by atomic mass is 14.5. The number of nitrogens with two attached hydrogens (primary N) is 1. The van der Waals surface area contributed by atoms with Gasteiger partial charge < -0.3 is 5.73 Å². The average Bonchev–Trinajstić information content (AvgIpc) is 1.66. The van der Waals surface area contributed by atoms with Gasteiger partial charge in [0.15, 0.2) is 0 Å². The van der Waals surface area contributed by atoms with Gasteiger partial charge >= 0.3 is 0 Å². The first-order chi connectivity index (χ1) is 3.77. The van der Waals surface area contributed by atoms with E-state index in [-0.39, 0.29) is 0 Å². The molecule has 2 N–H and O–H groups in total. The van der Waals surface area contributed by atoms with Crippen LogP contribution in [0.2, 0.25) is 0 Å². The van der Waals surface area contributed by atoms with E-state index in [9.17, 15) is 0 Å². The average molecular weight is 115 g/mol. The van der Waals surface area contributed by atoms with Gasteiger partial charge in [-0.25, -0.2) is 0 Å². The van der Waals surface area contributed by atoms with Gasteiger partial charge in [0.05, 0.1) is 0 Å². The maximum atomic E-state index is 5.31. The first kappa shape index (κ1) is 7.96. The van der Waals surface area contributed by atoms with Crippen LogP contribution in [0.1, 0.15) is 33.1 Å². The van der Waals surface area contributed by atoms with Gasteiger partial charge in [0.1, 0.15) is 0 Å². The molecule has 0 aromatic carbocycles. The van der Waals surface area contributed by atoms with Crippen LogP contribution in [0.25, 0.3) is 0 Å². The van der Waals surface area contributed by atoms with E-state index in [0.717, 1.165) is 12.5 Å². The lowest BCUT2D eigenvalue weighted by Gasteiger charge is -2.00. The fraction of sp³-hybridized carbons (Fsp3) is 1.00. The lowest BCUT2D eigenvalue weighted by atomic mass is 10.1. The van der Waals surface area contributed by atoms with Crippen molar-refractivity contribution in [1.82, 2.24) is 0 Å². The summed E-state index contributed by atoms with van der Waals surface area (Å²) in [6, 6.07) is 0. The smallest absolute Gasteiger partial charge is 0.00773 e. The normalized spacial score (nSPS) is 10.5. The Kier molecular flexibility index (Phi) is 5.08. The quantitative estimate of drug-likeness (QED) is 0.555. The van der Waals surface area contributed by atoms with Crippen molar-refractivity contribution >= 4 is 0 Å². The first-order valence-corrected chi connectivity index (χ1v) is 3.47. The van der Waals surface area contributed by atoms with Crippen LogP contribution in [-0.4, -0.2) is 6.54 Å². The Morgan fingerprint density at radius 2 is 1.88 bits per heavy atom. The number of unbranched alkanes of at least 4 members (excludes halogenated alkanes) is 1. The summed E-state index contributed by atoms with van der Waals surface area (Å²) in [7, 11) is 0. The van der Waals surface area contributed by atoms with Crippen molar-refractivity contribution in [3.8, 4) is 0 Å². The fourth-order valence-electron chi connectivity index (χ4n) is 0.697. The van der Waals surface area contributed by atoms with Crippen LogP contribution in [0.5, 0.6) is 0 Å². The zero-order valence-electron chi connectivity index (χ0n) is 5.98. The monoisotopic (exact) mass is 115 g/mol. The van der Waals surface area contributed by atoms with Gasteiger partial charge in [-0.2, -0.15) is 0 Å². The summed E-state index contributed by atoms with van der Waals surface area (Å²) in [6.45, 7) is 5.35. The van der Waals surface area contributed by atoms with E-state index in [1.54, 1.807) is 0 Å². The molecule has 0 rings (SSSR count). The molecular formula is C7H17N. The molecule has 1 heteroatoms. The molecule has 8 heavy (non-hydrogen) atoms. The minimum Gasteiger partial charge on any atom is -0.330 e. The number of rotatable bonds is 4. The van der Waals surface area contributed by atoms with Gasteiger partial charge in [-0.1, -0.05) is 26.7 Å². The lowest BCUT2D eigenvalue weighted by molar-refractivity contribution is 0.541. The first-order valence-electron chi connectivity index (χ1n) is 3.47. The SMILES string of the molecule is CC(C)CCCCN. The summed E-state index contributed by atoms with van der Waals surface area (Å²) in [4.78, 5) is 0. The van der Waals surface area contributed by atoms with Gasteiger partial charge in [0.25, 0.3) is 0 Å². The van der Waals surface area contributed by atoms with E-state index in [2.05, 4.69) is 13.8 Å². The van der Waals surface area contributed by atoms with Gasteiger partial charge in [-0.3, -0.25) is 0 Å². The minimum atomic E-state index is 0.849. The Labute approximate surface area is 52.3 Å². The zero-order chi connectivity index (χ0) is 6.41. The van der Waals surface area contributed by atoms with Crippen molar-refractivity contribution < 1.29 is 0 Å². The molecule has 1 nitrogen and oxygen atoms in total. The standard InChI is InChI=1S/C7H17N/c1-7(2)5-3-4-6-8/h7H,3-6,8H2,1-2H3. The Hall–Kier alpha value is -0.0400. The summed E-state index contributed by atoms with van der Waals surface area (Å²) in [5.41, 5.74) is 5.31. The Morgan fingerprint density at radius 3 is 2.25 bits per heavy atom. The molecule has 0 bridgehead atoms. The van der Waals surface area contributed by atoms with E-state index < -0.39 is 0 Å². The van der Waals surface area contributed by atoms with Gasteiger partial charge in [0, 0.05) is 0 Å². The number of hydrogen-bond donors (Lipinski definition) is 1. The van der Waals surface area contributed by atoms with Gasteiger partial charge in [0.2, 0.25) is 0 Å². The van der Waals surface area contributed by atoms with E-state index >= 15 is 0 Å². The molecule has 0 amide bonds. The van der Waals surface area contributed by atoms with Crippen molar-refractivity contribution in [2.45, 2.75) is 33.1 Å². The third-order valence-electron chi connectivity index (χ3n) is 1.24. The molecule has 0 fully saturated rings. The molecule has 0 aliphatic heterocycles. The van der Waals surface area contributed by atoms with Crippen LogP contribution < -0.4 is 5.73 Å².